The molecule has 1 aromatic carbocycles. The summed E-state index contributed by atoms with van der Waals surface area (Å²) in [6.07, 6.45) is 1.74. The van der Waals surface area contributed by atoms with E-state index in [-0.39, 0.29) is 0 Å². The van der Waals surface area contributed by atoms with E-state index in [1.54, 1.807) is 36.4 Å². The molecular weight excluding hydrogens is 376 g/mol. The van der Waals surface area contributed by atoms with E-state index >= 15 is 0 Å². The molecule has 4 rings (SSSR count). The summed E-state index contributed by atoms with van der Waals surface area (Å²) in [5, 5.41) is 11.9. The highest BCUT2D eigenvalue weighted by molar-refractivity contribution is 7.98. The van der Waals surface area contributed by atoms with Crippen LogP contribution in [0.25, 0.3) is 10.7 Å². The maximum atomic E-state index is 5.36. The zero-order chi connectivity index (χ0) is 18.5. The molecule has 3 heterocycles. The van der Waals surface area contributed by atoms with Crippen molar-refractivity contribution >= 4 is 23.1 Å². The zero-order valence-electron chi connectivity index (χ0n) is 14.8. The molecule has 0 aliphatic rings. The Morgan fingerprint density at radius 1 is 1.04 bits per heavy atom. The van der Waals surface area contributed by atoms with Crippen LogP contribution >= 0.6 is 23.1 Å². The third-order valence-corrected chi connectivity index (χ3v) is 5.92. The van der Waals surface area contributed by atoms with Crippen LogP contribution < -0.4 is 4.74 Å². The van der Waals surface area contributed by atoms with Gasteiger partial charge < -0.3 is 4.74 Å². The molecular formula is C20H18N4OS2. The van der Waals surface area contributed by atoms with Gasteiger partial charge in [-0.3, -0.25) is 4.57 Å². The van der Waals surface area contributed by atoms with Gasteiger partial charge in [0.25, 0.3) is 0 Å². The molecule has 0 saturated heterocycles. The van der Waals surface area contributed by atoms with E-state index < -0.39 is 0 Å². The number of thioether (sulfide) groups is 1. The van der Waals surface area contributed by atoms with Crippen molar-refractivity contribution in [3.05, 3.63) is 77.3 Å². The van der Waals surface area contributed by atoms with E-state index in [1.165, 1.54) is 5.56 Å². The molecule has 0 spiro atoms. The third-order valence-electron chi connectivity index (χ3n) is 4.04. The van der Waals surface area contributed by atoms with E-state index in [0.29, 0.717) is 11.6 Å². The second kappa shape index (κ2) is 8.37. The SMILES string of the molecule is COc1ncccc1CSc1nnc(-c2cccs2)n1Cc1ccccc1. The molecule has 4 aromatic rings. The third kappa shape index (κ3) is 4.04. The minimum atomic E-state index is 0.651. The fourth-order valence-corrected chi connectivity index (χ4v) is 4.38. The van der Waals surface area contributed by atoms with Gasteiger partial charge in [0, 0.05) is 17.5 Å². The Bertz CT molecular complexity index is 1000. The van der Waals surface area contributed by atoms with Crippen LogP contribution in [0.2, 0.25) is 0 Å². The lowest BCUT2D eigenvalue weighted by Crippen LogP contribution is -2.04. The van der Waals surface area contributed by atoms with Crippen molar-refractivity contribution < 1.29 is 4.74 Å². The number of hydrogen-bond acceptors (Lipinski definition) is 6. The van der Waals surface area contributed by atoms with Gasteiger partial charge >= 0.3 is 0 Å². The lowest BCUT2D eigenvalue weighted by atomic mass is 10.2. The monoisotopic (exact) mass is 394 g/mol. The molecule has 0 unspecified atom stereocenters. The number of thiophene rings is 1. The van der Waals surface area contributed by atoms with Crippen LogP contribution in [0.15, 0.2) is 71.3 Å². The molecule has 27 heavy (non-hydrogen) atoms. The standard InChI is InChI=1S/C20H18N4OS2/c1-25-19-16(9-5-11-21-19)14-27-20-23-22-18(17-10-6-12-26-17)24(20)13-15-7-3-2-4-8-15/h2-12H,13-14H2,1H3. The number of methoxy groups -OCH3 is 1. The average molecular weight is 395 g/mol. The fourth-order valence-electron chi connectivity index (χ4n) is 2.75. The second-order valence-corrected chi connectivity index (χ2v) is 7.71. The topological polar surface area (TPSA) is 52.8 Å². The summed E-state index contributed by atoms with van der Waals surface area (Å²) in [5.74, 6) is 2.26. The number of aromatic nitrogens is 4. The van der Waals surface area contributed by atoms with Crippen molar-refractivity contribution in [2.45, 2.75) is 17.5 Å². The molecule has 0 fully saturated rings. The molecule has 0 atom stereocenters. The molecule has 5 nitrogen and oxygen atoms in total. The number of pyridine rings is 1. The summed E-state index contributed by atoms with van der Waals surface area (Å²) < 4.78 is 7.53. The fraction of sp³-hybridized carbons (Fsp3) is 0.150. The van der Waals surface area contributed by atoms with Gasteiger partial charge in [-0.05, 0) is 23.1 Å². The summed E-state index contributed by atoms with van der Waals surface area (Å²) in [6.45, 7) is 0.730. The molecule has 0 amide bonds. The van der Waals surface area contributed by atoms with E-state index in [4.69, 9.17) is 4.74 Å². The lowest BCUT2D eigenvalue weighted by molar-refractivity contribution is 0.394. The Hall–Kier alpha value is -2.64. The summed E-state index contributed by atoms with van der Waals surface area (Å²) in [4.78, 5) is 5.38. The molecule has 0 saturated carbocycles. The van der Waals surface area contributed by atoms with Crippen molar-refractivity contribution in [2.75, 3.05) is 7.11 Å². The van der Waals surface area contributed by atoms with E-state index in [0.717, 1.165) is 28.0 Å². The average Bonchev–Trinajstić information content (AvgIpc) is 3.37. The van der Waals surface area contributed by atoms with Gasteiger partial charge in [0.1, 0.15) is 0 Å². The lowest BCUT2D eigenvalue weighted by Gasteiger charge is -2.10. The van der Waals surface area contributed by atoms with Gasteiger partial charge in [-0.15, -0.1) is 21.5 Å². The first-order chi connectivity index (χ1) is 13.3. The zero-order valence-corrected chi connectivity index (χ0v) is 16.4. The Balaban J connectivity index is 1.64. The van der Waals surface area contributed by atoms with Gasteiger partial charge in [-0.2, -0.15) is 0 Å². The van der Waals surface area contributed by atoms with Crippen molar-refractivity contribution in [2.24, 2.45) is 0 Å². The minimum Gasteiger partial charge on any atom is -0.481 e. The Morgan fingerprint density at radius 3 is 2.70 bits per heavy atom. The van der Waals surface area contributed by atoms with Crippen LogP contribution in [0, 0.1) is 0 Å². The summed E-state index contributed by atoms with van der Waals surface area (Å²) >= 11 is 3.31. The van der Waals surface area contributed by atoms with Crippen LogP contribution in [0.3, 0.4) is 0 Å². The molecule has 0 bridgehead atoms. The van der Waals surface area contributed by atoms with Crippen LogP contribution in [-0.2, 0) is 12.3 Å². The largest absolute Gasteiger partial charge is 0.481 e. The molecule has 0 aliphatic carbocycles. The van der Waals surface area contributed by atoms with Gasteiger partial charge in [-0.1, -0.05) is 54.2 Å². The Morgan fingerprint density at radius 2 is 1.93 bits per heavy atom. The van der Waals surface area contributed by atoms with Gasteiger partial charge in [-0.25, -0.2) is 4.98 Å². The number of rotatable bonds is 7. The summed E-state index contributed by atoms with van der Waals surface area (Å²) in [7, 11) is 1.64. The Labute approximate surface area is 166 Å². The van der Waals surface area contributed by atoms with Crippen LogP contribution in [0.5, 0.6) is 5.88 Å². The van der Waals surface area contributed by atoms with Crippen LogP contribution in [0.4, 0.5) is 0 Å². The van der Waals surface area contributed by atoms with Crippen LogP contribution in [-0.4, -0.2) is 26.9 Å². The van der Waals surface area contributed by atoms with Crippen molar-refractivity contribution in [3.63, 3.8) is 0 Å². The molecule has 0 radical (unpaired) electrons. The number of ether oxygens (including phenoxy) is 1. The predicted molar refractivity (Wildman–Crippen MR) is 109 cm³/mol. The molecule has 0 N–H and O–H groups in total. The number of hydrogen-bond donors (Lipinski definition) is 0. The van der Waals surface area contributed by atoms with Gasteiger partial charge in [0.2, 0.25) is 5.88 Å². The van der Waals surface area contributed by atoms with Gasteiger partial charge in [0.05, 0.1) is 18.5 Å². The summed E-state index contributed by atoms with van der Waals surface area (Å²) in [5.41, 5.74) is 2.26. The van der Waals surface area contributed by atoms with E-state index in [2.05, 4.69) is 55.5 Å². The highest BCUT2D eigenvalue weighted by Gasteiger charge is 2.16. The number of nitrogens with zero attached hydrogens (tertiary/aromatic N) is 4. The normalized spacial score (nSPS) is 10.9. The molecule has 7 heteroatoms. The predicted octanol–water partition coefficient (Wildman–Crippen LogP) is 4.75. The molecule has 136 valence electrons. The summed E-state index contributed by atoms with van der Waals surface area (Å²) in [6, 6.07) is 18.4. The first kappa shape index (κ1) is 17.8. The van der Waals surface area contributed by atoms with Gasteiger partial charge in [0.15, 0.2) is 11.0 Å². The van der Waals surface area contributed by atoms with Crippen molar-refractivity contribution in [3.8, 4) is 16.6 Å². The maximum absolute atomic E-state index is 5.36. The molecule has 3 aromatic heterocycles. The molecule has 0 aliphatic heterocycles. The smallest absolute Gasteiger partial charge is 0.217 e. The number of benzene rings is 1. The maximum Gasteiger partial charge on any atom is 0.217 e. The van der Waals surface area contributed by atoms with Crippen LogP contribution in [0.1, 0.15) is 11.1 Å². The van der Waals surface area contributed by atoms with E-state index in [1.807, 2.05) is 24.3 Å². The van der Waals surface area contributed by atoms with Crippen molar-refractivity contribution in [1.82, 2.24) is 19.7 Å². The Kier molecular flexibility index (Phi) is 5.50. The van der Waals surface area contributed by atoms with E-state index in [9.17, 15) is 0 Å². The minimum absolute atomic E-state index is 0.651. The second-order valence-electron chi connectivity index (χ2n) is 5.82. The van der Waals surface area contributed by atoms with Crippen molar-refractivity contribution in [1.29, 1.82) is 0 Å². The first-order valence-electron chi connectivity index (χ1n) is 8.47. The highest BCUT2D eigenvalue weighted by atomic mass is 32.2. The quantitative estimate of drug-likeness (QED) is 0.423. The first-order valence-corrected chi connectivity index (χ1v) is 10.3. The highest BCUT2D eigenvalue weighted by Crippen LogP contribution is 2.30.